The Balaban J connectivity index is 1.35. The Labute approximate surface area is 267 Å². The Morgan fingerprint density at radius 3 is 1.79 bits per heavy atom. The van der Waals surface area contributed by atoms with Crippen LogP contribution in [0.5, 0.6) is 0 Å². The van der Waals surface area contributed by atoms with Gasteiger partial charge in [0.15, 0.2) is 11.2 Å². The Hall–Kier alpha value is -6.39. The lowest BCUT2D eigenvalue weighted by Gasteiger charge is -2.13. The Kier molecular flexibility index (Phi) is 4.81. The van der Waals surface area contributed by atoms with E-state index in [2.05, 4.69) is 114 Å². The van der Waals surface area contributed by atoms with E-state index in [-0.39, 0.29) is 0 Å². The predicted molar refractivity (Wildman–Crippen MR) is 194 cm³/mol. The van der Waals surface area contributed by atoms with E-state index in [0.717, 1.165) is 66.1 Å². The molecule has 3 heterocycles. The van der Waals surface area contributed by atoms with Crippen LogP contribution in [0.25, 0.3) is 104 Å². The van der Waals surface area contributed by atoms with E-state index in [9.17, 15) is 0 Å². The molecule has 0 atom stereocenters. The first-order valence-electron chi connectivity index (χ1n) is 15.9. The number of benzene rings is 8. The predicted octanol–water partition coefficient (Wildman–Crippen LogP) is 12.0. The molecule has 0 saturated heterocycles. The van der Waals surface area contributed by atoms with Gasteiger partial charge in [0, 0.05) is 32.5 Å². The minimum atomic E-state index is 0.587. The molecule has 0 aliphatic carbocycles. The van der Waals surface area contributed by atoms with Crippen molar-refractivity contribution in [2.24, 2.45) is 0 Å². The molecule has 8 aromatic carbocycles. The molecule has 0 fully saturated rings. The van der Waals surface area contributed by atoms with E-state index < -0.39 is 0 Å². The van der Waals surface area contributed by atoms with E-state index >= 15 is 0 Å². The molecule has 218 valence electrons. The molecule has 0 aliphatic heterocycles. The second kappa shape index (κ2) is 9.09. The average Bonchev–Trinajstić information content (AvgIpc) is 3.82. The number of fused-ring (bicyclic) bond motifs is 12. The highest BCUT2D eigenvalue weighted by Crippen LogP contribution is 2.46. The molecule has 4 heteroatoms. The highest BCUT2D eigenvalue weighted by atomic mass is 16.3. The van der Waals surface area contributed by atoms with Crippen LogP contribution in [0.3, 0.4) is 0 Å². The van der Waals surface area contributed by atoms with Crippen molar-refractivity contribution in [3.63, 3.8) is 0 Å². The number of hydrogen-bond donors (Lipinski definition) is 0. The van der Waals surface area contributed by atoms with Gasteiger partial charge in [-0.1, -0.05) is 103 Å². The third-order valence-electron chi connectivity index (χ3n) is 9.78. The smallest absolute Gasteiger partial charge is 0.228 e. The van der Waals surface area contributed by atoms with Gasteiger partial charge in [0.05, 0.1) is 16.7 Å². The van der Waals surface area contributed by atoms with Crippen LogP contribution in [0.2, 0.25) is 0 Å². The zero-order chi connectivity index (χ0) is 30.6. The molecule has 3 aromatic heterocycles. The number of hydrogen-bond acceptors (Lipinski definition) is 3. The van der Waals surface area contributed by atoms with Crippen LogP contribution in [0.4, 0.5) is 0 Å². The molecule has 0 aliphatic rings. The van der Waals surface area contributed by atoms with Gasteiger partial charge in [0.1, 0.15) is 11.1 Å². The summed E-state index contributed by atoms with van der Waals surface area (Å²) in [4.78, 5) is 4.88. The zero-order valence-corrected chi connectivity index (χ0v) is 25.1. The quantitative estimate of drug-likeness (QED) is 0.198. The summed E-state index contributed by atoms with van der Waals surface area (Å²) in [6.45, 7) is 0. The molecule has 0 bridgehead atoms. The lowest BCUT2D eigenvalue weighted by atomic mass is 10.00. The number of oxazole rings is 1. The maximum Gasteiger partial charge on any atom is 0.228 e. The zero-order valence-electron chi connectivity index (χ0n) is 25.1. The van der Waals surface area contributed by atoms with Crippen molar-refractivity contribution in [3.05, 3.63) is 146 Å². The van der Waals surface area contributed by atoms with Crippen molar-refractivity contribution in [3.8, 4) is 17.1 Å². The van der Waals surface area contributed by atoms with Crippen LogP contribution in [0.15, 0.2) is 154 Å². The van der Waals surface area contributed by atoms with Gasteiger partial charge in [-0.2, -0.15) is 0 Å². The standard InChI is InChI=1S/C43H24N2O2/c1-4-13-28-25(10-1)20-22-34-39(28)40-29-14-5-2-11-26(29)21-23-35(40)45(34)41-30-15-6-3-12-27(30)24-32-38-31(16-9-19-37(38)46-42(32)41)43-44-33-17-7-8-18-36(33)47-43/h1-24H. The van der Waals surface area contributed by atoms with E-state index in [1.165, 1.54) is 32.3 Å². The number of nitrogens with zero attached hydrogens (tertiary/aromatic N) is 2. The highest BCUT2D eigenvalue weighted by molar-refractivity contribution is 6.30. The summed E-state index contributed by atoms with van der Waals surface area (Å²) in [6.07, 6.45) is 0. The van der Waals surface area contributed by atoms with Gasteiger partial charge in [0.25, 0.3) is 0 Å². The molecular weight excluding hydrogens is 576 g/mol. The maximum atomic E-state index is 6.93. The van der Waals surface area contributed by atoms with Gasteiger partial charge in [0.2, 0.25) is 5.89 Å². The summed E-state index contributed by atoms with van der Waals surface area (Å²) in [5, 5.41) is 11.7. The van der Waals surface area contributed by atoms with Crippen LogP contribution in [0.1, 0.15) is 0 Å². The van der Waals surface area contributed by atoms with Gasteiger partial charge in [-0.05, 0) is 69.4 Å². The summed E-state index contributed by atoms with van der Waals surface area (Å²) >= 11 is 0. The molecule has 47 heavy (non-hydrogen) atoms. The first-order chi connectivity index (χ1) is 23.3. The van der Waals surface area contributed by atoms with E-state index in [1.54, 1.807) is 0 Å². The van der Waals surface area contributed by atoms with Crippen molar-refractivity contribution in [1.29, 1.82) is 0 Å². The van der Waals surface area contributed by atoms with E-state index in [4.69, 9.17) is 13.8 Å². The van der Waals surface area contributed by atoms with Crippen LogP contribution in [0, 0.1) is 0 Å². The number of aromatic nitrogens is 2. The Morgan fingerprint density at radius 1 is 0.447 bits per heavy atom. The number of rotatable bonds is 2. The van der Waals surface area contributed by atoms with E-state index in [0.29, 0.717) is 5.89 Å². The van der Waals surface area contributed by atoms with Crippen molar-refractivity contribution in [1.82, 2.24) is 9.55 Å². The third-order valence-corrected chi connectivity index (χ3v) is 9.78. The van der Waals surface area contributed by atoms with Gasteiger partial charge >= 0.3 is 0 Å². The van der Waals surface area contributed by atoms with E-state index in [1.807, 2.05) is 36.4 Å². The summed E-state index contributed by atoms with van der Waals surface area (Å²) in [5.74, 6) is 0.587. The molecular formula is C43H24N2O2. The SMILES string of the molecule is c1ccc2c(-n3c4ccc5ccccc5c4c4c5ccccc5ccc43)c3oc4cccc(-c5nc6ccccc6o5)c4c3cc2c1. The molecule has 0 saturated carbocycles. The fourth-order valence-electron chi connectivity index (χ4n) is 7.78. The van der Waals surface area contributed by atoms with Crippen molar-refractivity contribution < 1.29 is 8.83 Å². The Morgan fingerprint density at radius 2 is 1.06 bits per heavy atom. The van der Waals surface area contributed by atoms with Gasteiger partial charge in [-0.15, -0.1) is 0 Å². The number of furan rings is 1. The summed E-state index contributed by atoms with van der Waals surface area (Å²) in [6, 6.07) is 51.3. The van der Waals surface area contributed by atoms with Crippen molar-refractivity contribution in [2.45, 2.75) is 0 Å². The van der Waals surface area contributed by atoms with Gasteiger partial charge in [-0.3, -0.25) is 0 Å². The summed E-state index contributed by atoms with van der Waals surface area (Å²) in [7, 11) is 0. The van der Waals surface area contributed by atoms with Crippen molar-refractivity contribution in [2.75, 3.05) is 0 Å². The van der Waals surface area contributed by atoms with Gasteiger partial charge in [-0.25, -0.2) is 4.98 Å². The van der Waals surface area contributed by atoms with Crippen LogP contribution >= 0.6 is 0 Å². The topological polar surface area (TPSA) is 44.1 Å². The minimum absolute atomic E-state index is 0.587. The normalized spacial score (nSPS) is 12.3. The average molecular weight is 601 g/mol. The van der Waals surface area contributed by atoms with Crippen LogP contribution in [-0.2, 0) is 0 Å². The van der Waals surface area contributed by atoms with Crippen molar-refractivity contribution >= 4 is 87.2 Å². The molecule has 0 amide bonds. The number of para-hydroxylation sites is 2. The molecule has 0 radical (unpaired) electrons. The second-order valence-electron chi connectivity index (χ2n) is 12.3. The summed E-state index contributed by atoms with van der Waals surface area (Å²) < 4.78 is 15.7. The first kappa shape index (κ1) is 24.9. The Bertz CT molecular complexity index is 2960. The second-order valence-corrected chi connectivity index (χ2v) is 12.3. The largest absolute Gasteiger partial charge is 0.454 e. The third kappa shape index (κ3) is 3.34. The van der Waals surface area contributed by atoms with Crippen LogP contribution < -0.4 is 0 Å². The monoisotopic (exact) mass is 600 g/mol. The van der Waals surface area contributed by atoms with Crippen LogP contribution in [-0.4, -0.2) is 9.55 Å². The maximum absolute atomic E-state index is 6.93. The molecule has 0 spiro atoms. The fraction of sp³-hybridized carbons (Fsp3) is 0. The van der Waals surface area contributed by atoms with Gasteiger partial charge < -0.3 is 13.4 Å². The molecule has 4 nitrogen and oxygen atoms in total. The lowest BCUT2D eigenvalue weighted by Crippen LogP contribution is -1.96. The lowest BCUT2D eigenvalue weighted by molar-refractivity contribution is 0.620. The molecule has 11 rings (SSSR count). The fourth-order valence-corrected chi connectivity index (χ4v) is 7.78. The first-order valence-corrected chi connectivity index (χ1v) is 15.9. The molecule has 0 unspecified atom stereocenters. The molecule has 11 aromatic rings. The minimum Gasteiger partial charge on any atom is -0.454 e. The highest BCUT2D eigenvalue weighted by Gasteiger charge is 2.24. The summed E-state index contributed by atoms with van der Waals surface area (Å²) in [5.41, 5.74) is 7.47. The molecule has 0 N–H and O–H groups in total.